The van der Waals surface area contributed by atoms with Gasteiger partial charge in [0.2, 0.25) is 5.69 Å². The molecular weight excluding hydrogens is 178 g/mol. The third kappa shape index (κ3) is 1.22. The average molecular weight is 190 g/mol. The quantitative estimate of drug-likeness (QED) is 0.336. The second kappa shape index (κ2) is 3.27. The lowest BCUT2D eigenvalue weighted by Gasteiger charge is -1.99. The predicted octanol–water partition coefficient (Wildman–Crippen LogP) is 2.31. The lowest BCUT2D eigenvalue weighted by Crippen LogP contribution is -2.10. The second-order valence-corrected chi connectivity index (χ2v) is 3.36. The van der Waals surface area contributed by atoms with Crippen LogP contribution in [-0.4, -0.2) is 15.5 Å². The Balaban J connectivity index is 2.51. The number of nitrogens with zero attached hydrogens (tertiary/aromatic N) is 1. The summed E-state index contributed by atoms with van der Waals surface area (Å²) in [5.74, 6) is 0.243. The molecule has 1 aliphatic heterocycles. The fourth-order valence-electron chi connectivity index (χ4n) is 1.83. The Morgan fingerprint density at radius 2 is 2.21 bits per heavy atom. The minimum Gasteiger partial charge on any atom is -0.274 e. The molecule has 0 aromatic heterocycles. The van der Waals surface area contributed by atoms with E-state index >= 15 is 0 Å². The third-order valence-corrected chi connectivity index (χ3v) is 2.42. The fourth-order valence-corrected chi connectivity index (χ4v) is 1.83. The zero-order chi connectivity index (χ0) is 10.1. The summed E-state index contributed by atoms with van der Waals surface area (Å²) in [5.41, 5.74) is 3.36. The smallest absolute Gasteiger partial charge is 0.274 e. The van der Waals surface area contributed by atoms with E-state index in [1.807, 2.05) is 29.7 Å². The van der Waals surface area contributed by atoms with Crippen LogP contribution in [0.3, 0.4) is 0 Å². The van der Waals surface area contributed by atoms with E-state index in [-0.39, 0.29) is 5.88 Å². The first-order chi connectivity index (χ1) is 6.74. The summed E-state index contributed by atoms with van der Waals surface area (Å²) in [7, 11) is 0. The molecule has 2 rings (SSSR count). The van der Waals surface area contributed by atoms with E-state index in [1.54, 1.807) is 0 Å². The summed E-state index contributed by atoms with van der Waals surface area (Å²) in [4.78, 5) is 4.17. The van der Waals surface area contributed by atoms with Gasteiger partial charge in [-0.2, -0.15) is 5.26 Å². The summed E-state index contributed by atoms with van der Waals surface area (Å²) in [6, 6.07) is 7.99. The standard InChI is InChI=1S/C11H11NO2/c1-8-7-10-5-3-4-6-11(10)12(8)9(2)14-13/h3-6H,2,7H2,1H3/p+1. The largest absolute Gasteiger partial charge is 0.398 e. The third-order valence-electron chi connectivity index (χ3n) is 2.42. The maximum absolute atomic E-state index is 8.58. The van der Waals surface area contributed by atoms with Gasteiger partial charge in [0.05, 0.1) is 6.42 Å². The van der Waals surface area contributed by atoms with Crippen molar-refractivity contribution in [2.75, 3.05) is 0 Å². The molecule has 0 unspecified atom stereocenters. The van der Waals surface area contributed by atoms with Gasteiger partial charge < -0.3 is 0 Å². The van der Waals surface area contributed by atoms with Gasteiger partial charge in [0, 0.05) is 25.1 Å². The molecule has 1 aromatic carbocycles. The van der Waals surface area contributed by atoms with Crippen molar-refractivity contribution in [1.29, 1.82) is 0 Å². The van der Waals surface area contributed by atoms with Crippen LogP contribution in [0.1, 0.15) is 12.5 Å². The van der Waals surface area contributed by atoms with Gasteiger partial charge >= 0.3 is 5.88 Å². The highest BCUT2D eigenvalue weighted by molar-refractivity contribution is 5.85. The van der Waals surface area contributed by atoms with Gasteiger partial charge in [0.1, 0.15) is 0 Å². The lowest BCUT2D eigenvalue weighted by molar-refractivity contribution is -0.467. The molecule has 1 aromatic rings. The van der Waals surface area contributed by atoms with E-state index in [2.05, 4.69) is 17.5 Å². The molecule has 0 fully saturated rings. The summed E-state index contributed by atoms with van der Waals surface area (Å²) in [6.07, 6.45) is 0.874. The minimum absolute atomic E-state index is 0.243. The van der Waals surface area contributed by atoms with Crippen LogP contribution in [-0.2, 0) is 11.3 Å². The normalized spacial score (nSPS) is 14.1. The Bertz CT molecular complexity index is 421. The van der Waals surface area contributed by atoms with Crippen molar-refractivity contribution in [1.82, 2.24) is 0 Å². The Labute approximate surface area is 82.5 Å². The topological polar surface area (TPSA) is 32.5 Å². The maximum Gasteiger partial charge on any atom is 0.398 e. The molecule has 3 nitrogen and oxygen atoms in total. The first kappa shape index (κ1) is 8.97. The molecule has 0 amide bonds. The molecule has 0 spiro atoms. The van der Waals surface area contributed by atoms with Crippen molar-refractivity contribution in [3.63, 3.8) is 0 Å². The molecule has 0 atom stereocenters. The van der Waals surface area contributed by atoms with Gasteiger partial charge in [0.25, 0.3) is 0 Å². The second-order valence-electron chi connectivity index (χ2n) is 3.36. The molecule has 0 aliphatic carbocycles. The number of hydrogen-bond donors (Lipinski definition) is 1. The first-order valence-electron chi connectivity index (χ1n) is 4.45. The number of fused-ring (bicyclic) bond motifs is 1. The molecule has 1 heterocycles. The van der Waals surface area contributed by atoms with Crippen LogP contribution in [0.25, 0.3) is 0 Å². The van der Waals surface area contributed by atoms with E-state index in [9.17, 15) is 0 Å². The summed E-state index contributed by atoms with van der Waals surface area (Å²) in [6.45, 7) is 5.63. The minimum atomic E-state index is 0.243. The Hall–Kier alpha value is -1.61. The summed E-state index contributed by atoms with van der Waals surface area (Å²) in [5, 5.41) is 8.58. The van der Waals surface area contributed by atoms with Gasteiger partial charge in [-0.15, -0.1) is 4.58 Å². The van der Waals surface area contributed by atoms with Crippen LogP contribution in [0.4, 0.5) is 5.69 Å². The molecule has 14 heavy (non-hydrogen) atoms. The van der Waals surface area contributed by atoms with Gasteiger partial charge in [-0.25, -0.2) is 0 Å². The van der Waals surface area contributed by atoms with Crippen molar-refractivity contribution in [3.05, 3.63) is 42.3 Å². The van der Waals surface area contributed by atoms with E-state index in [0.29, 0.717) is 0 Å². The Morgan fingerprint density at radius 1 is 1.50 bits per heavy atom. The van der Waals surface area contributed by atoms with Crippen molar-refractivity contribution >= 4 is 11.4 Å². The maximum atomic E-state index is 8.58. The number of rotatable bonds is 2. The highest BCUT2D eigenvalue weighted by atomic mass is 17.1. The van der Waals surface area contributed by atoms with Crippen LogP contribution in [0.2, 0.25) is 0 Å². The van der Waals surface area contributed by atoms with Crippen LogP contribution in [0, 0.1) is 0 Å². The Kier molecular flexibility index (Phi) is 2.09. The molecule has 1 N–H and O–H groups in total. The van der Waals surface area contributed by atoms with Crippen LogP contribution in [0.15, 0.2) is 36.7 Å². The average Bonchev–Trinajstić information content (AvgIpc) is 2.53. The molecule has 0 bridgehead atoms. The molecule has 72 valence electrons. The number of benzene rings is 1. The Morgan fingerprint density at radius 3 is 2.93 bits per heavy atom. The summed E-state index contributed by atoms with van der Waals surface area (Å²) < 4.78 is 1.81. The monoisotopic (exact) mass is 190 g/mol. The van der Waals surface area contributed by atoms with Crippen LogP contribution < -0.4 is 0 Å². The van der Waals surface area contributed by atoms with Crippen molar-refractivity contribution in [2.45, 2.75) is 13.3 Å². The predicted molar refractivity (Wildman–Crippen MR) is 53.6 cm³/mol. The molecule has 0 saturated carbocycles. The SMILES string of the molecule is C=C(OO)[N+]1=C(C)Cc2ccccc21. The van der Waals surface area contributed by atoms with Crippen molar-refractivity contribution in [2.24, 2.45) is 0 Å². The number of hydrogen-bond acceptors (Lipinski definition) is 2. The van der Waals surface area contributed by atoms with E-state index in [1.165, 1.54) is 5.56 Å². The number of para-hydroxylation sites is 1. The first-order valence-corrected chi connectivity index (χ1v) is 4.45. The summed E-state index contributed by atoms with van der Waals surface area (Å²) >= 11 is 0. The van der Waals surface area contributed by atoms with Crippen molar-refractivity contribution in [3.8, 4) is 0 Å². The van der Waals surface area contributed by atoms with E-state index in [0.717, 1.165) is 17.8 Å². The fraction of sp³-hybridized carbons (Fsp3) is 0.182. The zero-order valence-electron chi connectivity index (χ0n) is 8.03. The van der Waals surface area contributed by atoms with Gasteiger partial charge in [-0.05, 0) is 0 Å². The van der Waals surface area contributed by atoms with Crippen LogP contribution >= 0.6 is 0 Å². The van der Waals surface area contributed by atoms with Crippen molar-refractivity contribution < 1.29 is 14.7 Å². The molecule has 0 radical (unpaired) electrons. The highest BCUT2D eigenvalue weighted by Crippen LogP contribution is 2.28. The lowest BCUT2D eigenvalue weighted by atomic mass is 10.1. The highest BCUT2D eigenvalue weighted by Gasteiger charge is 2.30. The van der Waals surface area contributed by atoms with Gasteiger partial charge in [-0.1, -0.05) is 18.2 Å². The van der Waals surface area contributed by atoms with Gasteiger partial charge in [-0.3, -0.25) is 4.89 Å². The molecule has 1 aliphatic rings. The van der Waals surface area contributed by atoms with Gasteiger partial charge in [0.15, 0.2) is 5.71 Å². The molecule has 0 saturated heterocycles. The van der Waals surface area contributed by atoms with E-state index < -0.39 is 0 Å². The zero-order valence-corrected chi connectivity index (χ0v) is 8.03. The van der Waals surface area contributed by atoms with Crippen LogP contribution in [0.5, 0.6) is 0 Å². The molecular formula is C11H12NO2+. The molecule has 3 heteroatoms. The van der Waals surface area contributed by atoms with E-state index in [4.69, 9.17) is 5.26 Å².